The highest BCUT2D eigenvalue weighted by atomic mass is 16.4. The summed E-state index contributed by atoms with van der Waals surface area (Å²) in [5, 5.41) is 21.4. The second kappa shape index (κ2) is 5.01. The predicted octanol–water partition coefficient (Wildman–Crippen LogP) is -0.579. The Morgan fingerprint density at radius 1 is 1.41 bits per heavy atom. The Kier molecular flexibility index (Phi) is 4.11. The molecule has 0 aromatic heterocycles. The van der Waals surface area contributed by atoms with Crippen LogP contribution < -0.4 is 5.32 Å². The van der Waals surface area contributed by atoms with E-state index < -0.39 is 18.1 Å². The molecule has 1 saturated heterocycles. The zero-order chi connectivity index (χ0) is 13.2. The number of aliphatic hydroxyl groups is 1. The Bertz CT molecular complexity index is 311. The van der Waals surface area contributed by atoms with E-state index in [4.69, 9.17) is 5.11 Å². The fraction of sp³-hybridized carbons (Fsp3) is 0.818. The average Bonchev–Trinajstić information content (AvgIpc) is 2.55. The zero-order valence-electron chi connectivity index (χ0n) is 10.4. The first-order valence-corrected chi connectivity index (χ1v) is 5.66. The van der Waals surface area contributed by atoms with E-state index in [1.807, 2.05) is 20.8 Å². The van der Waals surface area contributed by atoms with Crippen molar-refractivity contribution in [2.45, 2.75) is 44.9 Å². The van der Waals surface area contributed by atoms with Crippen LogP contribution in [-0.4, -0.2) is 57.8 Å². The third kappa shape index (κ3) is 3.98. The maximum absolute atomic E-state index is 11.8. The highest BCUT2D eigenvalue weighted by Crippen LogP contribution is 2.18. The monoisotopic (exact) mass is 244 g/mol. The van der Waals surface area contributed by atoms with Gasteiger partial charge in [0.15, 0.2) is 0 Å². The molecule has 17 heavy (non-hydrogen) atoms. The van der Waals surface area contributed by atoms with E-state index in [1.54, 1.807) is 0 Å². The van der Waals surface area contributed by atoms with Gasteiger partial charge in [-0.3, -0.25) is 4.79 Å². The first-order valence-electron chi connectivity index (χ1n) is 5.66. The molecule has 0 bridgehead atoms. The van der Waals surface area contributed by atoms with E-state index in [2.05, 4.69) is 5.32 Å². The third-order valence-electron chi connectivity index (χ3n) is 2.65. The van der Waals surface area contributed by atoms with Gasteiger partial charge in [-0.15, -0.1) is 0 Å². The molecule has 0 spiro atoms. The molecule has 1 rings (SSSR count). The molecule has 0 aromatic carbocycles. The van der Waals surface area contributed by atoms with Crippen molar-refractivity contribution in [2.24, 2.45) is 0 Å². The van der Waals surface area contributed by atoms with Gasteiger partial charge in [0.2, 0.25) is 5.91 Å². The molecule has 0 aromatic rings. The van der Waals surface area contributed by atoms with Crippen LogP contribution in [0.2, 0.25) is 0 Å². The van der Waals surface area contributed by atoms with Crippen molar-refractivity contribution in [3.63, 3.8) is 0 Å². The van der Waals surface area contributed by atoms with E-state index in [9.17, 15) is 14.7 Å². The van der Waals surface area contributed by atoms with E-state index in [0.717, 1.165) is 0 Å². The number of rotatable bonds is 3. The summed E-state index contributed by atoms with van der Waals surface area (Å²) in [4.78, 5) is 24.0. The second-order valence-electron chi connectivity index (χ2n) is 5.39. The van der Waals surface area contributed by atoms with Gasteiger partial charge in [-0.1, -0.05) is 0 Å². The van der Waals surface area contributed by atoms with Crippen LogP contribution >= 0.6 is 0 Å². The average molecular weight is 244 g/mol. The molecule has 6 nitrogen and oxygen atoms in total. The van der Waals surface area contributed by atoms with Crippen molar-refractivity contribution >= 4 is 11.9 Å². The number of carbonyl (C=O) groups is 2. The smallest absolute Gasteiger partial charge is 0.326 e. The van der Waals surface area contributed by atoms with Crippen molar-refractivity contribution in [1.82, 2.24) is 10.2 Å². The molecule has 1 heterocycles. The van der Waals surface area contributed by atoms with E-state index in [-0.39, 0.29) is 31.0 Å². The molecular formula is C11H20N2O4. The Morgan fingerprint density at radius 2 is 2.00 bits per heavy atom. The van der Waals surface area contributed by atoms with Crippen molar-refractivity contribution in [2.75, 3.05) is 13.1 Å². The quantitative estimate of drug-likeness (QED) is 0.618. The van der Waals surface area contributed by atoms with Crippen molar-refractivity contribution in [3.05, 3.63) is 0 Å². The lowest BCUT2D eigenvalue weighted by molar-refractivity contribution is -0.147. The molecule has 1 aliphatic heterocycles. The van der Waals surface area contributed by atoms with Gasteiger partial charge in [0.25, 0.3) is 0 Å². The number of carboxylic acids is 1. The molecular weight excluding hydrogens is 224 g/mol. The maximum Gasteiger partial charge on any atom is 0.326 e. The molecule has 2 atom stereocenters. The minimum absolute atomic E-state index is 0.0833. The van der Waals surface area contributed by atoms with Gasteiger partial charge in [-0.05, 0) is 20.8 Å². The molecule has 3 N–H and O–H groups in total. The molecule has 1 fully saturated rings. The number of nitrogens with one attached hydrogen (secondary N) is 1. The molecule has 0 saturated carbocycles. The molecule has 0 unspecified atom stereocenters. The van der Waals surface area contributed by atoms with Crippen LogP contribution in [0.5, 0.6) is 0 Å². The zero-order valence-corrected chi connectivity index (χ0v) is 10.4. The van der Waals surface area contributed by atoms with Gasteiger partial charge in [0.05, 0.1) is 12.6 Å². The molecule has 0 aliphatic carbocycles. The third-order valence-corrected chi connectivity index (χ3v) is 2.65. The molecule has 1 amide bonds. The highest BCUT2D eigenvalue weighted by molar-refractivity contribution is 5.85. The number of carboxylic acid groups (broad SMARTS) is 1. The number of aliphatic carboxylic acids is 1. The SMILES string of the molecule is CC(C)(C)NCC(=O)N1C[C@H](O)C[C@@H]1C(=O)O. The normalized spacial score (nSPS) is 25.1. The Hall–Kier alpha value is -1.14. The van der Waals surface area contributed by atoms with Crippen LogP contribution in [0.1, 0.15) is 27.2 Å². The van der Waals surface area contributed by atoms with Crippen LogP contribution in [0.3, 0.4) is 0 Å². The second-order valence-corrected chi connectivity index (χ2v) is 5.39. The summed E-state index contributed by atoms with van der Waals surface area (Å²) >= 11 is 0. The number of likely N-dealkylation sites (tertiary alicyclic amines) is 1. The summed E-state index contributed by atoms with van der Waals surface area (Å²) in [6.45, 7) is 5.96. The minimum Gasteiger partial charge on any atom is -0.480 e. The van der Waals surface area contributed by atoms with E-state index in [0.29, 0.717) is 0 Å². The Morgan fingerprint density at radius 3 is 2.47 bits per heavy atom. The fourth-order valence-electron chi connectivity index (χ4n) is 1.77. The maximum atomic E-state index is 11.8. The first-order chi connectivity index (χ1) is 7.70. The molecule has 0 radical (unpaired) electrons. The van der Waals surface area contributed by atoms with Crippen molar-refractivity contribution in [1.29, 1.82) is 0 Å². The standard InChI is InChI=1S/C11H20N2O4/c1-11(2,3)12-5-9(15)13-6-7(14)4-8(13)10(16)17/h7-8,12,14H,4-6H2,1-3H3,(H,16,17)/t7-,8-/m1/s1. The number of amides is 1. The van der Waals surface area contributed by atoms with Crippen molar-refractivity contribution < 1.29 is 19.8 Å². The number of hydrogen-bond donors (Lipinski definition) is 3. The lowest BCUT2D eigenvalue weighted by Gasteiger charge is -2.25. The van der Waals surface area contributed by atoms with Crippen LogP contribution in [0.25, 0.3) is 0 Å². The number of β-amino-alcohol motifs (C(OH)–C–C–N with tert-alkyl or cyclic N) is 1. The van der Waals surface area contributed by atoms with Crippen LogP contribution in [0, 0.1) is 0 Å². The predicted molar refractivity (Wildman–Crippen MR) is 61.5 cm³/mol. The lowest BCUT2D eigenvalue weighted by Crippen LogP contribution is -2.48. The number of aliphatic hydroxyl groups excluding tert-OH is 1. The van der Waals surface area contributed by atoms with Gasteiger partial charge in [-0.2, -0.15) is 0 Å². The Labute approximate surface area is 101 Å². The summed E-state index contributed by atoms with van der Waals surface area (Å²) in [6.07, 6.45) is -0.633. The van der Waals surface area contributed by atoms with Gasteiger partial charge in [0.1, 0.15) is 6.04 Å². The van der Waals surface area contributed by atoms with E-state index in [1.165, 1.54) is 4.90 Å². The topological polar surface area (TPSA) is 89.9 Å². The minimum atomic E-state index is -1.06. The molecule has 98 valence electrons. The number of hydrogen-bond acceptors (Lipinski definition) is 4. The highest BCUT2D eigenvalue weighted by Gasteiger charge is 2.38. The summed E-state index contributed by atoms with van der Waals surface area (Å²) < 4.78 is 0. The first kappa shape index (κ1) is 13.9. The van der Waals surface area contributed by atoms with Crippen molar-refractivity contribution in [3.8, 4) is 0 Å². The Balaban J connectivity index is 2.59. The van der Waals surface area contributed by atoms with Gasteiger partial charge < -0.3 is 20.4 Å². The molecule has 1 aliphatic rings. The summed E-state index contributed by atoms with van der Waals surface area (Å²) in [5.74, 6) is -1.35. The summed E-state index contributed by atoms with van der Waals surface area (Å²) in [6, 6.07) is -0.903. The van der Waals surface area contributed by atoms with Crippen LogP contribution in [-0.2, 0) is 9.59 Å². The fourth-order valence-corrected chi connectivity index (χ4v) is 1.77. The number of carbonyl (C=O) groups excluding carboxylic acids is 1. The van der Waals surface area contributed by atoms with Gasteiger partial charge in [-0.25, -0.2) is 4.79 Å². The van der Waals surface area contributed by atoms with Gasteiger partial charge >= 0.3 is 5.97 Å². The molecule has 6 heteroatoms. The summed E-state index contributed by atoms with van der Waals surface area (Å²) in [5.41, 5.74) is -0.202. The lowest BCUT2D eigenvalue weighted by atomic mass is 10.1. The number of nitrogens with zero attached hydrogens (tertiary/aromatic N) is 1. The largest absolute Gasteiger partial charge is 0.480 e. The van der Waals surface area contributed by atoms with Crippen LogP contribution in [0.15, 0.2) is 0 Å². The summed E-state index contributed by atoms with van der Waals surface area (Å²) in [7, 11) is 0. The van der Waals surface area contributed by atoms with Gasteiger partial charge in [0, 0.05) is 18.5 Å². The van der Waals surface area contributed by atoms with E-state index >= 15 is 0 Å². The van der Waals surface area contributed by atoms with Crippen LogP contribution in [0.4, 0.5) is 0 Å².